The Morgan fingerprint density at radius 2 is 2.00 bits per heavy atom. The van der Waals surface area contributed by atoms with E-state index in [1.807, 2.05) is 24.3 Å². The molecule has 0 spiro atoms. The fraction of sp³-hybridized carbons (Fsp3) is 0.474. The van der Waals surface area contributed by atoms with Gasteiger partial charge in [-0.05, 0) is 58.1 Å². The Balaban J connectivity index is 2.19. The monoisotopic (exact) mass is 327 g/mol. The van der Waals surface area contributed by atoms with Crippen molar-refractivity contribution < 1.29 is 9.90 Å². The number of carboxylic acid groups (broad SMARTS) is 1. The quantitative estimate of drug-likeness (QED) is 0.841. The Hall–Kier alpha value is -2.30. The van der Waals surface area contributed by atoms with Crippen molar-refractivity contribution in [3.05, 3.63) is 35.5 Å². The highest BCUT2D eigenvalue weighted by atomic mass is 16.4. The minimum absolute atomic E-state index is 0.0231. The predicted molar refractivity (Wildman–Crippen MR) is 95.0 cm³/mol. The molecule has 2 aromatic rings. The second-order valence-electron chi connectivity index (χ2n) is 7.60. The molecule has 3 N–H and O–H groups in total. The van der Waals surface area contributed by atoms with Crippen LogP contribution in [-0.4, -0.2) is 20.9 Å². The first-order valence-corrected chi connectivity index (χ1v) is 8.47. The minimum atomic E-state index is -0.750. The summed E-state index contributed by atoms with van der Waals surface area (Å²) in [6.07, 6.45) is 3.01. The van der Waals surface area contributed by atoms with Crippen LogP contribution in [0.25, 0.3) is 11.3 Å². The van der Waals surface area contributed by atoms with Gasteiger partial charge in [0.15, 0.2) is 0 Å². The first-order chi connectivity index (χ1) is 11.3. The van der Waals surface area contributed by atoms with Crippen LogP contribution in [0.3, 0.4) is 0 Å². The summed E-state index contributed by atoms with van der Waals surface area (Å²) in [5.74, 6) is -0.727. The molecule has 0 amide bonds. The number of fused-ring (bicyclic) bond motifs is 1. The molecule has 1 aliphatic rings. The third kappa shape index (κ3) is 3.03. The summed E-state index contributed by atoms with van der Waals surface area (Å²) >= 11 is 0. The lowest BCUT2D eigenvalue weighted by Gasteiger charge is -2.27. The van der Waals surface area contributed by atoms with Crippen LogP contribution in [-0.2, 0) is 16.8 Å². The van der Waals surface area contributed by atoms with E-state index in [4.69, 9.17) is 10.8 Å². The molecule has 5 heteroatoms. The van der Waals surface area contributed by atoms with E-state index in [2.05, 4.69) is 25.5 Å². The van der Waals surface area contributed by atoms with E-state index in [0.717, 1.165) is 36.1 Å². The molecular formula is C19H25N3O2. The van der Waals surface area contributed by atoms with Crippen LogP contribution < -0.4 is 5.73 Å². The van der Waals surface area contributed by atoms with Crippen LogP contribution in [0.1, 0.15) is 57.2 Å². The van der Waals surface area contributed by atoms with Gasteiger partial charge in [-0.1, -0.05) is 12.1 Å². The van der Waals surface area contributed by atoms with Crippen molar-refractivity contribution in [2.24, 2.45) is 0 Å². The van der Waals surface area contributed by atoms with Gasteiger partial charge in [0.1, 0.15) is 0 Å². The number of aliphatic carboxylic acids is 1. The summed E-state index contributed by atoms with van der Waals surface area (Å²) in [7, 11) is 0. The average Bonchev–Trinajstić information content (AvgIpc) is 2.88. The SMILES string of the molecule is CC(C)(C)n1nc(-c2ccc(N)cc2)c2c1CCCC2CC(=O)O. The van der Waals surface area contributed by atoms with Crippen molar-refractivity contribution in [1.82, 2.24) is 9.78 Å². The number of anilines is 1. The third-order valence-corrected chi connectivity index (χ3v) is 4.64. The third-order valence-electron chi connectivity index (χ3n) is 4.64. The number of hydrogen-bond donors (Lipinski definition) is 2. The van der Waals surface area contributed by atoms with Crippen molar-refractivity contribution in [3.63, 3.8) is 0 Å². The maximum atomic E-state index is 11.3. The number of rotatable bonds is 3. The number of aromatic nitrogens is 2. The molecule has 1 unspecified atom stereocenters. The van der Waals surface area contributed by atoms with Gasteiger partial charge in [0.25, 0.3) is 0 Å². The van der Waals surface area contributed by atoms with Gasteiger partial charge in [0.2, 0.25) is 0 Å². The molecule has 0 fully saturated rings. The molecule has 24 heavy (non-hydrogen) atoms. The van der Waals surface area contributed by atoms with Crippen LogP contribution in [0.5, 0.6) is 0 Å². The van der Waals surface area contributed by atoms with Gasteiger partial charge in [-0.25, -0.2) is 0 Å². The van der Waals surface area contributed by atoms with Crippen LogP contribution >= 0.6 is 0 Å². The summed E-state index contributed by atoms with van der Waals surface area (Å²) in [5, 5.41) is 14.2. The molecule has 1 aromatic heterocycles. The van der Waals surface area contributed by atoms with E-state index < -0.39 is 5.97 Å². The van der Waals surface area contributed by atoms with Gasteiger partial charge in [0.05, 0.1) is 17.7 Å². The number of hydrogen-bond acceptors (Lipinski definition) is 3. The Morgan fingerprint density at radius 1 is 1.33 bits per heavy atom. The molecule has 0 aliphatic heterocycles. The molecule has 5 nitrogen and oxygen atoms in total. The Bertz CT molecular complexity index is 754. The zero-order valence-electron chi connectivity index (χ0n) is 14.5. The van der Waals surface area contributed by atoms with Crippen molar-refractivity contribution in [2.75, 3.05) is 5.73 Å². The topological polar surface area (TPSA) is 81.1 Å². The highest BCUT2D eigenvalue weighted by molar-refractivity contribution is 5.72. The molecule has 0 radical (unpaired) electrons. The smallest absolute Gasteiger partial charge is 0.303 e. The number of nitrogens with two attached hydrogens (primary N) is 1. The van der Waals surface area contributed by atoms with E-state index in [-0.39, 0.29) is 17.9 Å². The lowest BCUT2D eigenvalue weighted by atomic mass is 9.81. The van der Waals surface area contributed by atoms with Crippen molar-refractivity contribution in [3.8, 4) is 11.3 Å². The summed E-state index contributed by atoms with van der Waals surface area (Å²) in [4.78, 5) is 11.3. The fourth-order valence-electron chi connectivity index (χ4n) is 3.62. The maximum Gasteiger partial charge on any atom is 0.303 e. The van der Waals surface area contributed by atoms with Gasteiger partial charge in [-0.15, -0.1) is 0 Å². The van der Waals surface area contributed by atoms with E-state index in [1.165, 1.54) is 5.69 Å². The summed E-state index contributed by atoms with van der Waals surface area (Å²) < 4.78 is 2.09. The summed E-state index contributed by atoms with van der Waals surface area (Å²) in [5.41, 5.74) is 10.6. The van der Waals surface area contributed by atoms with Gasteiger partial charge in [-0.2, -0.15) is 5.10 Å². The van der Waals surface area contributed by atoms with Gasteiger partial charge in [0, 0.05) is 22.5 Å². The van der Waals surface area contributed by atoms with E-state index >= 15 is 0 Å². The van der Waals surface area contributed by atoms with Crippen molar-refractivity contribution >= 4 is 11.7 Å². The number of nitrogens with zero attached hydrogens (tertiary/aromatic N) is 2. The van der Waals surface area contributed by atoms with E-state index in [0.29, 0.717) is 5.69 Å². The predicted octanol–water partition coefficient (Wildman–Crippen LogP) is 3.78. The first kappa shape index (κ1) is 16.6. The van der Waals surface area contributed by atoms with E-state index in [9.17, 15) is 9.90 Å². The highest BCUT2D eigenvalue weighted by Crippen LogP contribution is 2.41. The molecule has 0 saturated carbocycles. The van der Waals surface area contributed by atoms with Crippen LogP contribution in [0.4, 0.5) is 5.69 Å². The van der Waals surface area contributed by atoms with Gasteiger partial charge in [-0.3, -0.25) is 9.48 Å². The molecule has 1 aromatic carbocycles. The van der Waals surface area contributed by atoms with Gasteiger partial charge < -0.3 is 10.8 Å². The molecule has 1 aliphatic carbocycles. The molecule has 128 valence electrons. The molecule has 1 atom stereocenters. The van der Waals surface area contributed by atoms with Crippen LogP contribution in [0.2, 0.25) is 0 Å². The summed E-state index contributed by atoms with van der Waals surface area (Å²) in [6.45, 7) is 6.40. The maximum absolute atomic E-state index is 11.3. The molecule has 0 saturated heterocycles. The van der Waals surface area contributed by atoms with Crippen LogP contribution in [0.15, 0.2) is 24.3 Å². The zero-order valence-corrected chi connectivity index (χ0v) is 14.5. The Morgan fingerprint density at radius 3 is 2.58 bits per heavy atom. The number of benzene rings is 1. The normalized spacial score (nSPS) is 17.5. The Labute approximate surface area is 142 Å². The summed E-state index contributed by atoms with van der Waals surface area (Å²) in [6, 6.07) is 7.68. The largest absolute Gasteiger partial charge is 0.481 e. The fourth-order valence-corrected chi connectivity index (χ4v) is 3.62. The van der Waals surface area contributed by atoms with Crippen molar-refractivity contribution in [2.45, 2.75) is 57.9 Å². The molecule has 3 rings (SSSR count). The molecular weight excluding hydrogens is 302 g/mol. The Kier molecular flexibility index (Phi) is 4.11. The zero-order chi connectivity index (χ0) is 17.5. The second-order valence-corrected chi connectivity index (χ2v) is 7.60. The lowest BCUT2D eigenvalue weighted by Crippen LogP contribution is -2.27. The van der Waals surface area contributed by atoms with Crippen LogP contribution in [0, 0.1) is 0 Å². The van der Waals surface area contributed by atoms with Gasteiger partial charge >= 0.3 is 5.97 Å². The lowest BCUT2D eigenvalue weighted by molar-refractivity contribution is -0.137. The molecule has 0 bridgehead atoms. The number of carboxylic acids is 1. The number of carbonyl (C=O) groups is 1. The van der Waals surface area contributed by atoms with Crippen molar-refractivity contribution in [1.29, 1.82) is 0 Å². The second kappa shape index (κ2) is 5.96. The standard InChI is InChI=1S/C19H25N3O2/c1-19(2,3)22-15-6-4-5-13(11-16(23)24)17(15)18(21-22)12-7-9-14(20)10-8-12/h7-10,13H,4-6,11,20H2,1-3H3,(H,23,24). The van der Waals surface area contributed by atoms with E-state index in [1.54, 1.807) is 0 Å². The highest BCUT2D eigenvalue weighted by Gasteiger charge is 2.33. The minimum Gasteiger partial charge on any atom is -0.481 e. The molecule has 1 heterocycles. The average molecular weight is 327 g/mol. The number of nitrogen functional groups attached to an aromatic ring is 1. The first-order valence-electron chi connectivity index (χ1n) is 8.47.